The minimum Gasteiger partial charge on any atom is -0.493 e. The number of nitrogens with one attached hydrogen (secondary N) is 1. The third-order valence-electron chi connectivity index (χ3n) is 7.17. The van der Waals surface area contributed by atoms with E-state index in [1.807, 2.05) is 6.92 Å². The van der Waals surface area contributed by atoms with Gasteiger partial charge in [-0.1, -0.05) is 19.4 Å². The quantitative estimate of drug-likeness (QED) is 0.321. The number of alkyl halides is 3. The number of aromatic amines is 1. The van der Waals surface area contributed by atoms with Gasteiger partial charge < -0.3 is 14.6 Å². The predicted octanol–water partition coefficient (Wildman–Crippen LogP) is 4.20. The first-order valence-electron chi connectivity index (χ1n) is 13.6. The summed E-state index contributed by atoms with van der Waals surface area (Å²) in [5.41, 5.74) is 0.966. The molecule has 5 rings (SSSR count). The van der Waals surface area contributed by atoms with E-state index < -0.39 is 27.3 Å². The highest BCUT2D eigenvalue weighted by Crippen LogP contribution is 2.34. The molecular formula is C28H31F3N6O4S. The highest BCUT2D eigenvalue weighted by molar-refractivity contribution is 7.89. The van der Waals surface area contributed by atoms with Crippen LogP contribution >= 0.6 is 0 Å². The summed E-state index contributed by atoms with van der Waals surface area (Å²) in [5.74, 6) is 0.516. The monoisotopic (exact) mass is 604 g/mol. The number of benzene rings is 2. The largest absolute Gasteiger partial charge is 0.493 e. The molecule has 1 aliphatic heterocycles. The summed E-state index contributed by atoms with van der Waals surface area (Å²) in [6.07, 6.45) is -3.05. The Hall–Kier alpha value is -3.91. The van der Waals surface area contributed by atoms with Crippen molar-refractivity contribution in [3.05, 3.63) is 64.1 Å². The highest BCUT2D eigenvalue weighted by atomic mass is 32.2. The molecule has 1 fully saturated rings. The van der Waals surface area contributed by atoms with Crippen molar-refractivity contribution in [2.24, 2.45) is 7.05 Å². The van der Waals surface area contributed by atoms with Gasteiger partial charge in [-0.25, -0.2) is 13.4 Å². The van der Waals surface area contributed by atoms with E-state index >= 15 is 0 Å². The maximum atomic E-state index is 13.7. The zero-order chi connectivity index (χ0) is 30.2. The molecule has 0 atom stereocenters. The van der Waals surface area contributed by atoms with Gasteiger partial charge >= 0.3 is 6.18 Å². The smallest absolute Gasteiger partial charge is 0.416 e. The van der Waals surface area contributed by atoms with Gasteiger partial charge in [-0.2, -0.15) is 22.6 Å². The Morgan fingerprint density at radius 1 is 1.05 bits per heavy atom. The van der Waals surface area contributed by atoms with E-state index in [2.05, 4.69) is 15.1 Å². The lowest BCUT2D eigenvalue weighted by Crippen LogP contribution is -2.48. The van der Waals surface area contributed by atoms with Gasteiger partial charge in [0.2, 0.25) is 10.0 Å². The Bertz CT molecular complexity index is 1780. The molecule has 0 aliphatic carbocycles. The lowest BCUT2D eigenvalue weighted by Gasteiger charge is -2.35. The van der Waals surface area contributed by atoms with Gasteiger partial charge in [0.15, 0.2) is 5.52 Å². The third-order valence-corrected chi connectivity index (χ3v) is 9.07. The fourth-order valence-corrected chi connectivity index (χ4v) is 6.58. The first kappa shape index (κ1) is 29.6. The molecule has 3 heterocycles. The summed E-state index contributed by atoms with van der Waals surface area (Å²) in [6, 6.07) is 9.40. The van der Waals surface area contributed by atoms with E-state index in [0.29, 0.717) is 46.8 Å². The minimum absolute atomic E-state index is 0.0174. The minimum atomic E-state index is -4.47. The van der Waals surface area contributed by atoms with Crippen molar-refractivity contribution in [3.63, 3.8) is 0 Å². The molecule has 0 amide bonds. The number of rotatable bonds is 8. The second-order valence-corrected chi connectivity index (χ2v) is 11.9. The Balaban J connectivity index is 1.46. The van der Waals surface area contributed by atoms with Crippen molar-refractivity contribution < 1.29 is 26.3 Å². The molecule has 0 spiro atoms. The Morgan fingerprint density at radius 3 is 2.45 bits per heavy atom. The summed E-state index contributed by atoms with van der Waals surface area (Å²) < 4.78 is 75.5. The summed E-state index contributed by atoms with van der Waals surface area (Å²) in [7, 11) is -2.32. The van der Waals surface area contributed by atoms with Crippen LogP contribution in [0.2, 0.25) is 0 Å². The van der Waals surface area contributed by atoms with Gasteiger partial charge in [-0.05, 0) is 49.7 Å². The number of aryl methyl sites for hydroxylation is 2. The number of aromatic nitrogens is 4. The maximum absolute atomic E-state index is 13.7. The second kappa shape index (κ2) is 11.4. The number of halogens is 3. The normalized spacial score (nSPS) is 15.0. The van der Waals surface area contributed by atoms with Gasteiger partial charge in [0.25, 0.3) is 5.56 Å². The molecule has 224 valence electrons. The van der Waals surface area contributed by atoms with E-state index in [0.717, 1.165) is 18.6 Å². The SMILES string of the molecule is CCCc1nn(C)c2c(=O)[nH]c(-c3cc(S(=O)(=O)N4CCN(c5cccc(C(F)(F)F)c5)CC4)ccc3OCC)nc12. The zero-order valence-corrected chi connectivity index (χ0v) is 24.2. The molecule has 10 nitrogen and oxygen atoms in total. The van der Waals surface area contributed by atoms with E-state index in [1.165, 1.54) is 33.3 Å². The molecule has 4 aromatic rings. The van der Waals surface area contributed by atoms with Crippen molar-refractivity contribution in [1.82, 2.24) is 24.1 Å². The first-order chi connectivity index (χ1) is 19.9. The number of sulfonamides is 1. The van der Waals surface area contributed by atoms with Crippen LogP contribution in [-0.4, -0.2) is 65.3 Å². The third kappa shape index (κ3) is 5.60. The van der Waals surface area contributed by atoms with E-state index in [4.69, 9.17) is 4.74 Å². The zero-order valence-electron chi connectivity index (χ0n) is 23.4. The van der Waals surface area contributed by atoms with Gasteiger partial charge in [-0.15, -0.1) is 0 Å². The van der Waals surface area contributed by atoms with Gasteiger partial charge in [-0.3, -0.25) is 9.48 Å². The lowest BCUT2D eigenvalue weighted by atomic mass is 10.1. The van der Waals surface area contributed by atoms with Crippen LogP contribution in [0, 0.1) is 0 Å². The fraction of sp³-hybridized carbons (Fsp3) is 0.393. The van der Waals surface area contributed by atoms with Gasteiger partial charge in [0, 0.05) is 38.9 Å². The molecular weight excluding hydrogens is 573 g/mol. The number of H-pyrrole nitrogens is 1. The van der Waals surface area contributed by atoms with Crippen LogP contribution in [0.15, 0.2) is 52.2 Å². The summed E-state index contributed by atoms with van der Waals surface area (Å²) >= 11 is 0. The van der Waals surface area contributed by atoms with Crippen molar-refractivity contribution >= 4 is 26.7 Å². The predicted molar refractivity (Wildman–Crippen MR) is 152 cm³/mol. The Kier molecular flexibility index (Phi) is 8.03. The average Bonchev–Trinajstić information content (AvgIpc) is 3.28. The summed E-state index contributed by atoms with van der Waals surface area (Å²) in [4.78, 5) is 22.2. The number of fused-ring (bicyclic) bond motifs is 1. The van der Waals surface area contributed by atoms with E-state index in [9.17, 15) is 26.4 Å². The van der Waals surface area contributed by atoms with Crippen LogP contribution < -0.4 is 15.2 Å². The molecule has 1 N–H and O–H groups in total. The standard InChI is InChI=1S/C28H31F3N6O4S/c1-4-7-22-24-25(35(3)34-22)27(38)33-26(32-24)21-17-20(10-11-23(21)41-5-2)42(39,40)37-14-12-36(13-15-37)19-9-6-8-18(16-19)28(29,30)31/h6,8-11,16-17H,4-5,7,12-15H2,1-3H3,(H,32,33,38). The van der Waals surface area contributed by atoms with Gasteiger partial charge in [0.1, 0.15) is 17.1 Å². The molecule has 0 bridgehead atoms. The van der Waals surface area contributed by atoms with Crippen molar-refractivity contribution in [1.29, 1.82) is 0 Å². The number of hydrogen-bond donors (Lipinski definition) is 1. The first-order valence-corrected chi connectivity index (χ1v) is 15.0. The molecule has 2 aromatic heterocycles. The number of ether oxygens (including phenoxy) is 1. The maximum Gasteiger partial charge on any atom is 0.416 e. The summed E-state index contributed by atoms with van der Waals surface area (Å²) in [5, 5.41) is 4.44. The number of hydrogen-bond acceptors (Lipinski definition) is 7. The van der Waals surface area contributed by atoms with Crippen LogP contribution in [0.25, 0.3) is 22.4 Å². The molecule has 0 unspecified atom stereocenters. The molecule has 42 heavy (non-hydrogen) atoms. The van der Waals surface area contributed by atoms with Crippen LogP contribution in [-0.2, 0) is 29.7 Å². The van der Waals surface area contributed by atoms with Crippen LogP contribution in [0.3, 0.4) is 0 Å². The van der Waals surface area contributed by atoms with E-state index in [-0.39, 0.29) is 36.9 Å². The number of piperazine rings is 1. The van der Waals surface area contributed by atoms with E-state index in [1.54, 1.807) is 24.9 Å². The second-order valence-electron chi connectivity index (χ2n) is 9.96. The molecule has 0 saturated carbocycles. The van der Waals surface area contributed by atoms with Gasteiger partial charge in [0.05, 0.1) is 28.3 Å². The molecule has 2 aromatic carbocycles. The molecule has 1 aliphatic rings. The molecule has 14 heteroatoms. The van der Waals surface area contributed by atoms with Crippen molar-refractivity contribution in [2.75, 3.05) is 37.7 Å². The average molecular weight is 605 g/mol. The highest BCUT2D eigenvalue weighted by Gasteiger charge is 2.33. The van der Waals surface area contributed by atoms with Crippen LogP contribution in [0.5, 0.6) is 5.75 Å². The molecule has 0 radical (unpaired) electrons. The number of nitrogens with zero attached hydrogens (tertiary/aromatic N) is 5. The molecule has 1 saturated heterocycles. The van der Waals surface area contributed by atoms with Crippen LogP contribution in [0.1, 0.15) is 31.5 Å². The van der Waals surface area contributed by atoms with Crippen molar-refractivity contribution in [3.8, 4) is 17.1 Å². The van der Waals surface area contributed by atoms with Crippen LogP contribution in [0.4, 0.5) is 18.9 Å². The topological polar surface area (TPSA) is 113 Å². The van der Waals surface area contributed by atoms with Crippen molar-refractivity contribution in [2.45, 2.75) is 37.8 Å². The number of anilines is 1. The fourth-order valence-electron chi connectivity index (χ4n) is 5.13. The lowest BCUT2D eigenvalue weighted by molar-refractivity contribution is -0.137. The Morgan fingerprint density at radius 2 is 1.79 bits per heavy atom. The Labute approximate surface area is 240 Å². The summed E-state index contributed by atoms with van der Waals surface area (Å²) in [6.45, 7) is 4.69.